The molecule has 0 bridgehead atoms. The molecule has 1 aromatic heterocycles. The Balaban J connectivity index is 1.82. The van der Waals surface area contributed by atoms with Crippen LogP contribution in [0.5, 0.6) is 0 Å². The van der Waals surface area contributed by atoms with Crippen molar-refractivity contribution in [3.05, 3.63) is 35.7 Å². The van der Waals surface area contributed by atoms with Crippen molar-refractivity contribution < 1.29 is 17.7 Å². The molecule has 1 saturated heterocycles. The normalized spacial score (nSPS) is 19.4. The molecule has 0 aliphatic carbocycles. The molecule has 1 fully saturated rings. The first-order chi connectivity index (χ1) is 9.54. The Kier molecular flexibility index (Phi) is 3.21. The summed E-state index contributed by atoms with van der Waals surface area (Å²) in [5.41, 5.74) is 1.62. The number of halogens is 3. The van der Waals surface area contributed by atoms with E-state index in [9.17, 15) is 13.2 Å². The van der Waals surface area contributed by atoms with Crippen LogP contribution in [0.25, 0.3) is 11.4 Å². The zero-order valence-electron chi connectivity index (χ0n) is 10.4. The third kappa shape index (κ3) is 2.53. The van der Waals surface area contributed by atoms with Crippen molar-refractivity contribution in [1.29, 1.82) is 0 Å². The molecule has 1 atom stereocenters. The molecule has 1 aliphatic rings. The molecule has 1 unspecified atom stereocenters. The summed E-state index contributed by atoms with van der Waals surface area (Å²) < 4.78 is 41.4. The van der Waals surface area contributed by atoms with Gasteiger partial charge >= 0.3 is 12.1 Å². The van der Waals surface area contributed by atoms with E-state index in [0.29, 0.717) is 11.6 Å². The van der Waals surface area contributed by atoms with Gasteiger partial charge < -0.3 is 9.84 Å². The van der Waals surface area contributed by atoms with E-state index in [0.717, 1.165) is 24.9 Å². The molecular weight excluding hydrogens is 271 g/mol. The lowest BCUT2D eigenvalue weighted by Gasteiger charge is -2.10. The van der Waals surface area contributed by atoms with Crippen molar-refractivity contribution in [2.75, 3.05) is 6.54 Å². The van der Waals surface area contributed by atoms with Gasteiger partial charge in [0.15, 0.2) is 0 Å². The van der Waals surface area contributed by atoms with E-state index in [1.54, 1.807) is 12.1 Å². The molecule has 1 aromatic carbocycles. The summed E-state index contributed by atoms with van der Waals surface area (Å²) in [6.45, 7) is 0.992. The largest absolute Gasteiger partial charge is 0.471 e. The fraction of sp³-hybridized carbons (Fsp3) is 0.385. The number of nitrogens with zero attached hydrogens (tertiary/aromatic N) is 2. The highest BCUT2D eigenvalue weighted by atomic mass is 19.4. The van der Waals surface area contributed by atoms with E-state index in [-0.39, 0.29) is 5.82 Å². The summed E-state index contributed by atoms with van der Waals surface area (Å²) in [5.74, 6) is -1.38. The van der Waals surface area contributed by atoms with Gasteiger partial charge in [0.1, 0.15) is 0 Å². The third-order valence-corrected chi connectivity index (χ3v) is 3.30. The van der Waals surface area contributed by atoms with Crippen LogP contribution in [0.4, 0.5) is 13.2 Å². The van der Waals surface area contributed by atoms with Crippen molar-refractivity contribution in [3.8, 4) is 11.4 Å². The monoisotopic (exact) mass is 283 g/mol. The smallest absolute Gasteiger partial charge is 0.329 e. The first-order valence-corrected chi connectivity index (χ1v) is 6.28. The maximum absolute atomic E-state index is 12.4. The lowest BCUT2D eigenvalue weighted by molar-refractivity contribution is -0.159. The van der Waals surface area contributed by atoms with Gasteiger partial charge in [-0.2, -0.15) is 18.2 Å². The molecule has 0 saturated carbocycles. The highest BCUT2D eigenvalue weighted by Gasteiger charge is 2.38. The zero-order chi connectivity index (χ0) is 14.2. The summed E-state index contributed by atoms with van der Waals surface area (Å²) in [6.07, 6.45) is -2.41. The van der Waals surface area contributed by atoms with E-state index in [4.69, 9.17) is 0 Å². The second kappa shape index (κ2) is 4.90. The fourth-order valence-corrected chi connectivity index (χ4v) is 2.29. The summed E-state index contributed by atoms with van der Waals surface area (Å²) in [4.78, 5) is 3.36. The Labute approximate surface area is 113 Å². The lowest BCUT2D eigenvalue weighted by atomic mass is 10.0. The number of nitrogens with one attached hydrogen (secondary N) is 1. The molecule has 2 aromatic rings. The van der Waals surface area contributed by atoms with E-state index >= 15 is 0 Å². The van der Waals surface area contributed by atoms with Gasteiger partial charge in [0.25, 0.3) is 0 Å². The van der Waals surface area contributed by atoms with Crippen molar-refractivity contribution in [3.63, 3.8) is 0 Å². The van der Waals surface area contributed by atoms with Gasteiger partial charge in [0.2, 0.25) is 5.82 Å². The highest BCUT2D eigenvalue weighted by Crippen LogP contribution is 2.30. The molecule has 3 rings (SSSR count). The maximum Gasteiger partial charge on any atom is 0.471 e. The molecule has 0 radical (unpaired) electrons. The number of alkyl halides is 3. The van der Waals surface area contributed by atoms with Gasteiger partial charge in [-0.15, -0.1) is 0 Å². The fourth-order valence-electron chi connectivity index (χ4n) is 2.29. The number of hydrogen-bond donors (Lipinski definition) is 1. The van der Waals surface area contributed by atoms with Crippen molar-refractivity contribution in [2.45, 2.75) is 25.1 Å². The maximum atomic E-state index is 12.4. The molecule has 1 aliphatic heterocycles. The Hall–Kier alpha value is -1.89. The Morgan fingerprint density at radius 3 is 2.50 bits per heavy atom. The molecule has 20 heavy (non-hydrogen) atoms. The number of rotatable bonds is 2. The van der Waals surface area contributed by atoms with Gasteiger partial charge in [-0.25, -0.2) is 0 Å². The van der Waals surface area contributed by atoms with Gasteiger partial charge in [0, 0.05) is 11.6 Å². The van der Waals surface area contributed by atoms with Crippen LogP contribution in [0.3, 0.4) is 0 Å². The Morgan fingerprint density at radius 2 is 1.95 bits per heavy atom. The zero-order valence-corrected chi connectivity index (χ0v) is 10.4. The van der Waals surface area contributed by atoms with Crippen LogP contribution >= 0.6 is 0 Å². The topological polar surface area (TPSA) is 51.0 Å². The van der Waals surface area contributed by atoms with E-state index in [1.807, 2.05) is 12.1 Å². The lowest BCUT2D eigenvalue weighted by Crippen LogP contribution is -2.12. The van der Waals surface area contributed by atoms with Crippen LogP contribution in [0.2, 0.25) is 0 Å². The molecule has 0 amide bonds. The first kappa shape index (κ1) is 13.1. The minimum absolute atomic E-state index is 0.0525. The predicted molar refractivity (Wildman–Crippen MR) is 64.7 cm³/mol. The Morgan fingerprint density at radius 1 is 1.20 bits per heavy atom. The van der Waals surface area contributed by atoms with Crippen LogP contribution < -0.4 is 5.32 Å². The quantitative estimate of drug-likeness (QED) is 0.919. The van der Waals surface area contributed by atoms with Gasteiger partial charge in [-0.3, -0.25) is 0 Å². The molecule has 1 N–H and O–H groups in total. The Bertz CT molecular complexity index is 586. The van der Waals surface area contributed by atoms with E-state index in [1.165, 1.54) is 0 Å². The highest BCUT2D eigenvalue weighted by molar-refractivity contribution is 5.54. The molecule has 106 valence electrons. The van der Waals surface area contributed by atoms with Crippen LogP contribution in [0.15, 0.2) is 28.8 Å². The third-order valence-electron chi connectivity index (χ3n) is 3.30. The van der Waals surface area contributed by atoms with Crippen LogP contribution in [-0.2, 0) is 6.18 Å². The summed E-state index contributed by atoms with van der Waals surface area (Å²) in [5, 5.41) is 6.72. The number of hydrogen-bond acceptors (Lipinski definition) is 4. The molecule has 7 heteroatoms. The van der Waals surface area contributed by atoms with Crippen molar-refractivity contribution >= 4 is 0 Å². The van der Waals surface area contributed by atoms with Gasteiger partial charge in [-0.1, -0.05) is 29.4 Å². The summed E-state index contributed by atoms with van der Waals surface area (Å²) >= 11 is 0. The summed E-state index contributed by atoms with van der Waals surface area (Å²) in [7, 11) is 0. The number of benzene rings is 1. The minimum atomic E-state index is -4.61. The van der Waals surface area contributed by atoms with Crippen LogP contribution in [-0.4, -0.2) is 16.7 Å². The average Bonchev–Trinajstić information content (AvgIpc) is 3.10. The van der Waals surface area contributed by atoms with Crippen LogP contribution in [0.1, 0.15) is 30.3 Å². The van der Waals surface area contributed by atoms with E-state index in [2.05, 4.69) is 20.0 Å². The van der Waals surface area contributed by atoms with E-state index < -0.39 is 12.1 Å². The average molecular weight is 283 g/mol. The van der Waals surface area contributed by atoms with Gasteiger partial charge in [0.05, 0.1) is 0 Å². The predicted octanol–water partition coefficient (Wildman–Crippen LogP) is 3.18. The summed E-state index contributed by atoms with van der Waals surface area (Å²) in [6, 6.07) is 7.49. The second-order valence-electron chi connectivity index (χ2n) is 4.69. The van der Waals surface area contributed by atoms with Crippen molar-refractivity contribution in [1.82, 2.24) is 15.5 Å². The van der Waals surface area contributed by atoms with Crippen molar-refractivity contribution in [2.24, 2.45) is 0 Å². The first-order valence-electron chi connectivity index (χ1n) is 6.28. The van der Waals surface area contributed by atoms with Crippen LogP contribution in [0, 0.1) is 0 Å². The standard InChI is InChI=1S/C13H12F3N3O/c14-13(15,16)12-18-11(19-20-12)9-5-3-8(4-6-9)10-2-1-7-17-10/h3-6,10,17H,1-2,7H2. The molecule has 4 nitrogen and oxygen atoms in total. The van der Waals surface area contributed by atoms with Gasteiger partial charge in [-0.05, 0) is 24.9 Å². The molecule has 2 heterocycles. The second-order valence-corrected chi connectivity index (χ2v) is 4.69. The number of aromatic nitrogens is 2. The minimum Gasteiger partial charge on any atom is -0.329 e. The molecular formula is C13H12F3N3O. The SMILES string of the molecule is FC(F)(F)c1nc(-c2ccc(C3CCCN3)cc2)no1. The molecule has 0 spiro atoms.